The van der Waals surface area contributed by atoms with Crippen molar-refractivity contribution >= 4 is 17.5 Å². The SMILES string of the molecule is COc1ccc(C)cc1NC(=O)[C@@H](c1ccccc1)N1CCC[C@H](C(N)=O)C1. The summed E-state index contributed by atoms with van der Waals surface area (Å²) in [6, 6.07) is 14.8. The Morgan fingerprint density at radius 2 is 1.96 bits per heavy atom. The van der Waals surface area contributed by atoms with Gasteiger partial charge >= 0.3 is 0 Å². The standard InChI is InChI=1S/C22H27N3O3/c1-15-10-11-19(28-2)18(13-15)24-22(27)20(16-7-4-3-5-8-16)25-12-6-9-17(14-25)21(23)26/h3-5,7-8,10-11,13,17,20H,6,9,12,14H2,1-2H3,(H2,23,26)(H,24,27)/t17-,20+/m0/s1. The van der Waals surface area contributed by atoms with Crippen LogP contribution in [0.15, 0.2) is 48.5 Å². The molecule has 2 aromatic rings. The Labute approximate surface area is 165 Å². The summed E-state index contributed by atoms with van der Waals surface area (Å²) in [4.78, 5) is 27.1. The summed E-state index contributed by atoms with van der Waals surface area (Å²) in [6.45, 7) is 3.18. The maximum atomic E-state index is 13.3. The Balaban J connectivity index is 1.90. The van der Waals surface area contributed by atoms with Gasteiger partial charge in [0.1, 0.15) is 11.8 Å². The van der Waals surface area contributed by atoms with Gasteiger partial charge in [-0.05, 0) is 49.6 Å². The molecule has 1 saturated heterocycles. The van der Waals surface area contributed by atoms with Gasteiger partial charge < -0.3 is 15.8 Å². The molecule has 1 aliphatic rings. The molecular formula is C22H27N3O3. The molecule has 0 spiro atoms. The van der Waals surface area contributed by atoms with Crippen LogP contribution in [0.25, 0.3) is 0 Å². The van der Waals surface area contributed by atoms with Crippen LogP contribution in [0.3, 0.4) is 0 Å². The van der Waals surface area contributed by atoms with Gasteiger partial charge in [-0.25, -0.2) is 0 Å². The second kappa shape index (κ2) is 8.89. The van der Waals surface area contributed by atoms with Crippen molar-refractivity contribution in [2.24, 2.45) is 11.7 Å². The summed E-state index contributed by atoms with van der Waals surface area (Å²) in [5, 5.41) is 3.02. The lowest BCUT2D eigenvalue weighted by Crippen LogP contribution is -2.46. The molecule has 0 aromatic heterocycles. The minimum atomic E-state index is -0.506. The highest BCUT2D eigenvalue weighted by Gasteiger charge is 2.33. The molecule has 28 heavy (non-hydrogen) atoms. The number of carbonyl (C=O) groups is 2. The number of hydrogen-bond acceptors (Lipinski definition) is 4. The first-order chi connectivity index (χ1) is 13.5. The smallest absolute Gasteiger partial charge is 0.246 e. The zero-order valence-corrected chi connectivity index (χ0v) is 16.4. The van der Waals surface area contributed by atoms with Crippen molar-refractivity contribution in [3.63, 3.8) is 0 Å². The second-order valence-corrected chi connectivity index (χ2v) is 7.24. The Bertz CT molecular complexity index is 838. The van der Waals surface area contributed by atoms with Gasteiger partial charge in [-0.15, -0.1) is 0 Å². The Morgan fingerprint density at radius 1 is 1.21 bits per heavy atom. The topological polar surface area (TPSA) is 84.7 Å². The number of rotatable bonds is 6. The lowest BCUT2D eigenvalue weighted by atomic mass is 9.94. The lowest BCUT2D eigenvalue weighted by molar-refractivity contribution is -0.127. The summed E-state index contributed by atoms with van der Waals surface area (Å²) < 4.78 is 5.39. The van der Waals surface area contributed by atoms with Crippen LogP contribution in [-0.4, -0.2) is 36.9 Å². The van der Waals surface area contributed by atoms with Gasteiger partial charge in [0.2, 0.25) is 11.8 Å². The first-order valence-electron chi connectivity index (χ1n) is 9.53. The third kappa shape index (κ3) is 4.51. The van der Waals surface area contributed by atoms with Gasteiger partial charge in [0.05, 0.1) is 18.7 Å². The van der Waals surface area contributed by atoms with Crippen molar-refractivity contribution < 1.29 is 14.3 Å². The van der Waals surface area contributed by atoms with Gasteiger partial charge in [0.15, 0.2) is 0 Å². The summed E-state index contributed by atoms with van der Waals surface area (Å²) in [7, 11) is 1.58. The van der Waals surface area contributed by atoms with E-state index in [9.17, 15) is 9.59 Å². The molecule has 6 nitrogen and oxygen atoms in total. The van der Waals surface area contributed by atoms with E-state index in [4.69, 9.17) is 10.5 Å². The molecule has 0 bridgehead atoms. The van der Waals surface area contributed by atoms with E-state index in [1.54, 1.807) is 7.11 Å². The van der Waals surface area contributed by atoms with Crippen LogP contribution in [0.2, 0.25) is 0 Å². The predicted molar refractivity (Wildman–Crippen MR) is 109 cm³/mol. The minimum Gasteiger partial charge on any atom is -0.495 e. The van der Waals surface area contributed by atoms with Crippen molar-refractivity contribution in [1.82, 2.24) is 4.90 Å². The zero-order valence-electron chi connectivity index (χ0n) is 16.4. The molecule has 6 heteroatoms. The number of benzene rings is 2. The van der Waals surface area contributed by atoms with Gasteiger partial charge in [0, 0.05) is 6.54 Å². The fraction of sp³-hybridized carbons (Fsp3) is 0.364. The summed E-state index contributed by atoms with van der Waals surface area (Å²) in [6.07, 6.45) is 1.60. The van der Waals surface area contributed by atoms with E-state index in [0.29, 0.717) is 18.0 Å². The molecule has 0 aliphatic carbocycles. The number of aryl methyl sites for hydroxylation is 1. The average molecular weight is 381 g/mol. The molecule has 3 rings (SSSR count). The number of piperidine rings is 1. The molecule has 1 fully saturated rings. The number of anilines is 1. The first-order valence-corrected chi connectivity index (χ1v) is 9.53. The largest absolute Gasteiger partial charge is 0.495 e. The number of nitrogens with zero attached hydrogens (tertiary/aromatic N) is 1. The minimum absolute atomic E-state index is 0.153. The van der Waals surface area contributed by atoms with Crippen LogP contribution in [0, 0.1) is 12.8 Å². The average Bonchev–Trinajstić information content (AvgIpc) is 2.69. The number of amides is 2. The molecule has 2 atom stereocenters. The number of carbonyl (C=O) groups excluding carboxylic acids is 2. The quantitative estimate of drug-likeness (QED) is 0.806. The van der Waals surface area contributed by atoms with Crippen molar-refractivity contribution in [3.8, 4) is 5.75 Å². The second-order valence-electron chi connectivity index (χ2n) is 7.24. The van der Waals surface area contributed by atoms with Gasteiger partial charge in [-0.3, -0.25) is 14.5 Å². The van der Waals surface area contributed by atoms with Crippen LogP contribution < -0.4 is 15.8 Å². The van der Waals surface area contributed by atoms with Crippen molar-refractivity contribution in [1.29, 1.82) is 0 Å². The van der Waals surface area contributed by atoms with Gasteiger partial charge in [-0.2, -0.15) is 0 Å². The number of primary amides is 1. The van der Waals surface area contributed by atoms with Crippen molar-refractivity contribution in [3.05, 3.63) is 59.7 Å². The zero-order chi connectivity index (χ0) is 20.1. The maximum Gasteiger partial charge on any atom is 0.246 e. The Hall–Kier alpha value is -2.86. The molecule has 2 amide bonds. The third-order valence-electron chi connectivity index (χ3n) is 5.20. The van der Waals surface area contributed by atoms with Crippen LogP contribution in [-0.2, 0) is 9.59 Å². The van der Waals surface area contributed by atoms with Crippen LogP contribution >= 0.6 is 0 Å². The highest BCUT2D eigenvalue weighted by molar-refractivity contribution is 5.97. The van der Waals surface area contributed by atoms with E-state index in [-0.39, 0.29) is 17.7 Å². The first kappa shape index (κ1) is 19.9. The summed E-state index contributed by atoms with van der Waals surface area (Å²) >= 11 is 0. The molecule has 0 unspecified atom stereocenters. The molecule has 1 heterocycles. The molecular weight excluding hydrogens is 354 g/mol. The maximum absolute atomic E-state index is 13.3. The van der Waals surface area contributed by atoms with Gasteiger partial charge in [-0.1, -0.05) is 36.4 Å². The molecule has 0 radical (unpaired) electrons. The van der Waals surface area contributed by atoms with E-state index >= 15 is 0 Å². The van der Waals surface area contributed by atoms with E-state index in [1.807, 2.05) is 60.4 Å². The normalized spacial score (nSPS) is 18.3. The highest BCUT2D eigenvalue weighted by Crippen LogP contribution is 2.31. The number of nitrogens with two attached hydrogens (primary N) is 1. The van der Waals surface area contributed by atoms with E-state index in [2.05, 4.69) is 5.32 Å². The number of nitrogens with one attached hydrogen (secondary N) is 1. The summed E-state index contributed by atoms with van der Waals surface area (Å²) in [5.41, 5.74) is 8.09. The Morgan fingerprint density at radius 3 is 2.64 bits per heavy atom. The molecule has 148 valence electrons. The van der Waals surface area contributed by atoms with E-state index in [0.717, 1.165) is 30.5 Å². The molecule has 0 saturated carbocycles. The Kier molecular flexibility index (Phi) is 6.31. The monoisotopic (exact) mass is 381 g/mol. The lowest BCUT2D eigenvalue weighted by Gasteiger charge is -2.36. The van der Waals surface area contributed by atoms with Crippen molar-refractivity contribution in [2.45, 2.75) is 25.8 Å². The fourth-order valence-corrected chi connectivity index (χ4v) is 3.76. The number of methoxy groups -OCH3 is 1. The van der Waals surface area contributed by atoms with Crippen LogP contribution in [0.1, 0.15) is 30.0 Å². The number of likely N-dealkylation sites (tertiary alicyclic amines) is 1. The van der Waals surface area contributed by atoms with Gasteiger partial charge in [0.25, 0.3) is 0 Å². The number of hydrogen-bond donors (Lipinski definition) is 2. The molecule has 1 aliphatic heterocycles. The summed E-state index contributed by atoms with van der Waals surface area (Å²) in [5.74, 6) is -0.0850. The molecule has 3 N–H and O–H groups in total. The van der Waals surface area contributed by atoms with Crippen LogP contribution in [0.4, 0.5) is 5.69 Å². The van der Waals surface area contributed by atoms with E-state index < -0.39 is 6.04 Å². The fourth-order valence-electron chi connectivity index (χ4n) is 3.76. The highest BCUT2D eigenvalue weighted by atomic mass is 16.5. The number of ether oxygens (including phenoxy) is 1. The van der Waals surface area contributed by atoms with E-state index in [1.165, 1.54) is 0 Å². The molecule has 2 aromatic carbocycles. The van der Waals surface area contributed by atoms with Crippen LogP contribution in [0.5, 0.6) is 5.75 Å². The van der Waals surface area contributed by atoms with Crippen molar-refractivity contribution in [2.75, 3.05) is 25.5 Å². The predicted octanol–water partition coefficient (Wildman–Crippen LogP) is 2.88. The third-order valence-corrected chi connectivity index (χ3v) is 5.20.